The molecule has 0 saturated carbocycles. The highest BCUT2D eigenvalue weighted by molar-refractivity contribution is 5.90. The third kappa shape index (κ3) is 1.43. The van der Waals surface area contributed by atoms with Gasteiger partial charge < -0.3 is 11.5 Å². The minimum atomic E-state index is -0.774. The van der Waals surface area contributed by atoms with Crippen molar-refractivity contribution in [2.45, 2.75) is 0 Å². The van der Waals surface area contributed by atoms with Crippen molar-refractivity contribution in [3.63, 3.8) is 0 Å². The van der Waals surface area contributed by atoms with E-state index in [0.717, 1.165) is 12.3 Å². The molecule has 5 heteroatoms. The topological polar surface area (TPSA) is 82.0 Å². The average molecular weight is 155 g/mol. The summed E-state index contributed by atoms with van der Waals surface area (Å²) in [6.45, 7) is 0. The first kappa shape index (κ1) is 7.46. The van der Waals surface area contributed by atoms with Crippen molar-refractivity contribution in [2.24, 2.45) is 5.73 Å². The fourth-order valence-electron chi connectivity index (χ4n) is 0.576. The number of carbonyl (C=O) groups excluding carboxylic acids is 1. The molecule has 1 amide bonds. The number of hydrogen-bond acceptors (Lipinski definition) is 3. The minimum Gasteiger partial charge on any atom is -0.395 e. The van der Waals surface area contributed by atoms with Crippen LogP contribution in [0.3, 0.4) is 0 Å². The summed E-state index contributed by atoms with van der Waals surface area (Å²) in [5.41, 5.74) is 9.69. The van der Waals surface area contributed by atoms with E-state index in [1.807, 2.05) is 0 Å². The summed E-state index contributed by atoms with van der Waals surface area (Å²) in [7, 11) is 0. The van der Waals surface area contributed by atoms with Gasteiger partial charge in [0.25, 0.3) is 5.91 Å². The van der Waals surface area contributed by atoms with Crippen molar-refractivity contribution in [1.29, 1.82) is 0 Å². The van der Waals surface area contributed by atoms with Gasteiger partial charge in [0.1, 0.15) is 11.5 Å². The molecule has 0 saturated heterocycles. The highest BCUT2D eigenvalue weighted by atomic mass is 19.1. The van der Waals surface area contributed by atoms with Crippen molar-refractivity contribution < 1.29 is 9.18 Å². The van der Waals surface area contributed by atoms with Crippen molar-refractivity contribution in [2.75, 3.05) is 5.73 Å². The van der Waals surface area contributed by atoms with Crippen molar-refractivity contribution >= 4 is 11.6 Å². The van der Waals surface area contributed by atoms with Crippen LogP contribution in [-0.4, -0.2) is 10.9 Å². The van der Waals surface area contributed by atoms with Crippen LogP contribution in [0.5, 0.6) is 0 Å². The normalized spacial score (nSPS) is 9.55. The summed E-state index contributed by atoms with van der Waals surface area (Å²) < 4.78 is 12.6. The first-order chi connectivity index (χ1) is 5.11. The molecule has 11 heavy (non-hydrogen) atoms. The van der Waals surface area contributed by atoms with Gasteiger partial charge in [-0.25, -0.2) is 9.37 Å². The number of halogens is 1. The summed E-state index contributed by atoms with van der Waals surface area (Å²) >= 11 is 0. The molecule has 0 aliphatic rings. The van der Waals surface area contributed by atoms with E-state index < -0.39 is 11.7 Å². The number of hydrogen-bond donors (Lipinski definition) is 2. The van der Waals surface area contributed by atoms with Crippen LogP contribution in [0.1, 0.15) is 10.5 Å². The summed E-state index contributed by atoms with van der Waals surface area (Å²) in [6, 6.07) is 0.900. The molecule has 0 aliphatic heterocycles. The van der Waals surface area contributed by atoms with Gasteiger partial charge in [0.15, 0.2) is 0 Å². The Morgan fingerprint density at radius 3 is 2.73 bits per heavy atom. The zero-order valence-electron chi connectivity index (χ0n) is 5.54. The predicted octanol–water partition coefficient (Wildman–Crippen LogP) is -0.0982. The van der Waals surface area contributed by atoms with E-state index in [0.29, 0.717) is 0 Å². The van der Waals surface area contributed by atoms with Gasteiger partial charge in [-0.3, -0.25) is 4.79 Å². The van der Waals surface area contributed by atoms with Crippen molar-refractivity contribution in [3.05, 3.63) is 23.8 Å². The Labute approximate surface area is 62.0 Å². The van der Waals surface area contributed by atoms with E-state index in [2.05, 4.69) is 4.98 Å². The number of rotatable bonds is 1. The van der Waals surface area contributed by atoms with Gasteiger partial charge in [0.2, 0.25) is 0 Å². The second-order valence-electron chi connectivity index (χ2n) is 1.96. The Kier molecular flexibility index (Phi) is 1.72. The maximum atomic E-state index is 12.6. The summed E-state index contributed by atoms with van der Waals surface area (Å²) in [5.74, 6) is -1.46. The zero-order chi connectivity index (χ0) is 8.43. The number of carbonyl (C=O) groups is 1. The third-order valence-corrected chi connectivity index (χ3v) is 1.13. The van der Waals surface area contributed by atoms with Gasteiger partial charge >= 0.3 is 0 Å². The minimum absolute atomic E-state index is 0.102. The van der Waals surface area contributed by atoms with Gasteiger partial charge in [0.05, 0.1) is 11.9 Å². The lowest BCUT2D eigenvalue weighted by Gasteiger charge is -1.96. The van der Waals surface area contributed by atoms with Crippen LogP contribution in [0.15, 0.2) is 12.3 Å². The number of primary amides is 1. The Morgan fingerprint density at radius 2 is 2.27 bits per heavy atom. The maximum Gasteiger partial charge on any atom is 0.267 e. The van der Waals surface area contributed by atoms with Gasteiger partial charge in [-0.05, 0) is 0 Å². The van der Waals surface area contributed by atoms with Gasteiger partial charge in [-0.2, -0.15) is 0 Å². The van der Waals surface area contributed by atoms with E-state index >= 15 is 0 Å². The summed E-state index contributed by atoms with van der Waals surface area (Å²) in [6.07, 6.45) is 1.05. The molecule has 4 nitrogen and oxygen atoms in total. The molecule has 58 valence electrons. The molecule has 1 rings (SSSR count). The van der Waals surface area contributed by atoms with Crippen molar-refractivity contribution in [3.8, 4) is 0 Å². The lowest BCUT2D eigenvalue weighted by atomic mass is 10.3. The SMILES string of the molecule is NC(=O)c1cc(F)c(N)cn1. The molecule has 4 N–H and O–H groups in total. The second kappa shape index (κ2) is 2.53. The number of aromatic nitrogens is 1. The number of nitrogen functional groups attached to an aromatic ring is 1. The van der Waals surface area contributed by atoms with Crippen molar-refractivity contribution in [1.82, 2.24) is 4.98 Å². The van der Waals surface area contributed by atoms with Crippen LogP contribution in [0.25, 0.3) is 0 Å². The molecule has 0 atom stereocenters. The van der Waals surface area contributed by atoms with Crippen LogP contribution in [0.2, 0.25) is 0 Å². The van der Waals surface area contributed by atoms with E-state index in [9.17, 15) is 9.18 Å². The van der Waals surface area contributed by atoms with Crippen LogP contribution in [0.4, 0.5) is 10.1 Å². The van der Waals surface area contributed by atoms with E-state index in [-0.39, 0.29) is 11.4 Å². The Morgan fingerprint density at radius 1 is 1.64 bits per heavy atom. The summed E-state index contributed by atoms with van der Waals surface area (Å²) in [4.78, 5) is 13.9. The molecule has 0 spiro atoms. The molecular weight excluding hydrogens is 149 g/mol. The number of amides is 1. The third-order valence-electron chi connectivity index (χ3n) is 1.13. The smallest absolute Gasteiger partial charge is 0.267 e. The largest absolute Gasteiger partial charge is 0.395 e. The Bertz CT molecular complexity index is 300. The first-order valence-electron chi connectivity index (χ1n) is 2.82. The number of nitrogens with two attached hydrogens (primary N) is 2. The van der Waals surface area contributed by atoms with Gasteiger partial charge in [-0.15, -0.1) is 0 Å². The van der Waals surface area contributed by atoms with E-state index in [1.165, 1.54) is 0 Å². The molecule has 1 heterocycles. The monoisotopic (exact) mass is 155 g/mol. The fourth-order valence-corrected chi connectivity index (χ4v) is 0.576. The number of pyridine rings is 1. The molecule has 0 fully saturated rings. The van der Waals surface area contributed by atoms with Crippen LogP contribution in [0, 0.1) is 5.82 Å². The average Bonchev–Trinajstić information content (AvgIpc) is 1.94. The quantitative estimate of drug-likeness (QED) is 0.594. The zero-order valence-corrected chi connectivity index (χ0v) is 5.54. The molecular formula is C6H6FN3O. The van der Waals surface area contributed by atoms with Crippen LogP contribution in [-0.2, 0) is 0 Å². The van der Waals surface area contributed by atoms with E-state index in [1.54, 1.807) is 0 Å². The van der Waals surface area contributed by atoms with Crippen LogP contribution >= 0.6 is 0 Å². The molecule has 0 unspecified atom stereocenters. The molecule has 0 aromatic carbocycles. The lowest BCUT2D eigenvalue weighted by Crippen LogP contribution is -2.13. The van der Waals surface area contributed by atoms with Gasteiger partial charge in [-0.1, -0.05) is 0 Å². The molecule has 1 aromatic heterocycles. The summed E-state index contributed by atoms with van der Waals surface area (Å²) in [5, 5.41) is 0. The number of anilines is 1. The van der Waals surface area contributed by atoms with Gasteiger partial charge in [0, 0.05) is 6.07 Å². The molecule has 0 aliphatic carbocycles. The van der Waals surface area contributed by atoms with Crippen LogP contribution < -0.4 is 11.5 Å². The number of nitrogens with zero attached hydrogens (tertiary/aromatic N) is 1. The Balaban J connectivity index is 3.15. The standard InChI is InChI=1S/C6H6FN3O/c7-3-1-5(6(9)11)10-2-4(3)8/h1-2H,8H2,(H2,9,11). The highest BCUT2D eigenvalue weighted by Crippen LogP contribution is 2.07. The fraction of sp³-hybridized carbons (Fsp3) is 0. The first-order valence-corrected chi connectivity index (χ1v) is 2.82. The lowest BCUT2D eigenvalue weighted by molar-refractivity contribution is 0.0995. The predicted molar refractivity (Wildman–Crippen MR) is 37.1 cm³/mol. The maximum absolute atomic E-state index is 12.6. The second-order valence-corrected chi connectivity index (χ2v) is 1.96. The molecule has 0 radical (unpaired) electrons. The highest BCUT2D eigenvalue weighted by Gasteiger charge is 2.04. The van der Waals surface area contributed by atoms with E-state index in [4.69, 9.17) is 11.5 Å². The molecule has 1 aromatic rings. The Hall–Kier alpha value is -1.65. The molecule has 0 bridgehead atoms.